The Morgan fingerprint density at radius 1 is 1.00 bits per heavy atom. The fraction of sp³-hybridized carbons (Fsp3) is 1.00. The van der Waals surface area contributed by atoms with Gasteiger partial charge in [0, 0.05) is 9.93 Å². The fourth-order valence-electron chi connectivity index (χ4n) is 0.374. The van der Waals surface area contributed by atoms with E-state index >= 15 is 0 Å². The summed E-state index contributed by atoms with van der Waals surface area (Å²) in [5, 5.41) is 0. The van der Waals surface area contributed by atoms with E-state index in [1.165, 1.54) is 0 Å². The molecule has 1 atom stereocenters. The number of hydrogen-bond acceptors (Lipinski definition) is 3. The molecule has 1 rings (SSSR count). The number of ether oxygens (including phenoxy) is 1. The van der Waals surface area contributed by atoms with Crippen LogP contribution in [-0.4, -0.2) is 18.1 Å². The van der Waals surface area contributed by atoms with Gasteiger partial charge in [0.1, 0.15) is 0 Å². The molecular weight excluding hydrogens is 198 g/mol. The second kappa shape index (κ2) is 2.57. The predicted molar refractivity (Wildman–Crippen MR) is 22.7 cm³/mol. The van der Waals surface area contributed by atoms with Crippen molar-refractivity contribution in [1.82, 2.24) is 0 Å². The molecule has 12 heavy (non-hydrogen) atoms. The van der Waals surface area contributed by atoms with E-state index < -0.39 is 18.1 Å². The highest BCUT2D eigenvalue weighted by Gasteiger charge is 2.90. The molecule has 0 aliphatic carbocycles. The third-order valence-corrected chi connectivity index (χ3v) is 0.966. The van der Waals surface area contributed by atoms with Gasteiger partial charge in [0.25, 0.3) is 0 Å². The van der Waals surface area contributed by atoms with E-state index in [2.05, 4.69) is 4.74 Å². The van der Waals surface area contributed by atoms with Crippen LogP contribution < -0.4 is 0 Å². The summed E-state index contributed by atoms with van der Waals surface area (Å²) in [6.07, 6.45) is -10.4. The van der Waals surface area contributed by atoms with Crippen molar-refractivity contribution in [1.29, 1.82) is 0 Å². The molecule has 1 fully saturated rings. The lowest BCUT2D eigenvalue weighted by molar-refractivity contribution is -0.231. The quantitative estimate of drug-likeness (QED) is 0.441. The minimum absolute atomic E-state index is 2.53. The second-order valence-corrected chi connectivity index (χ2v) is 1.71. The van der Waals surface area contributed by atoms with E-state index in [4.69, 9.17) is 9.93 Å². The molecule has 0 spiro atoms. The van der Waals surface area contributed by atoms with Crippen molar-refractivity contribution in [2.75, 3.05) is 0 Å². The lowest BCUT2D eigenvalue weighted by Gasteiger charge is -2.04. The molecule has 1 unspecified atom stereocenters. The summed E-state index contributed by atoms with van der Waals surface area (Å²) in [5.41, 5.74) is 0. The highest BCUT2D eigenvalue weighted by atomic mass is 19.4. The zero-order valence-electron chi connectivity index (χ0n) is 4.99. The van der Waals surface area contributed by atoms with Gasteiger partial charge in [-0.05, 0) is 0 Å². The smallest absolute Gasteiger partial charge is 0.263 e. The largest absolute Gasteiger partial charge is 0.458 e. The van der Waals surface area contributed by atoms with Crippen LogP contribution in [0.1, 0.15) is 0 Å². The van der Waals surface area contributed by atoms with Crippen LogP contribution in [0.4, 0.5) is 26.3 Å². The SMILES string of the molecule is FC(F)(F)C1(F)OC1(F)F.O=O. The molecule has 9 heteroatoms. The summed E-state index contributed by atoms with van der Waals surface area (Å²) < 4.78 is 70.4. The normalized spacial score (nSPS) is 31.8. The number of rotatable bonds is 0. The van der Waals surface area contributed by atoms with Crippen LogP contribution >= 0.6 is 0 Å². The van der Waals surface area contributed by atoms with Crippen molar-refractivity contribution in [2.24, 2.45) is 0 Å². The summed E-state index contributed by atoms with van der Waals surface area (Å²) in [6, 6.07) is 0. The highest BCUT2D eigenvalue weighted by molar-refractivity contribution is 4.99. The zero-order chi connectivity index (χ0) is 10.2. The summed E-state index contributed by atoms with van der Waals surface area (Å²) >= 11 is 0. The van der Waals surface area contributed by atoms with Gasteiger partial charge in [0.2, 0.25) is 0 Å². The van der Waals surface area contributed by atoms with Crippen molar-refractivity contribution in [3.63, 3.8) is 0 Å². The van der Waals surface area contributed by atoms with Gasteiger partial charge in [0.15, 0.2) is 0 Å². The first-order valence-corrected chi connectivity index (χ1v) is 2.21. The molecule has 3 nitrogen and oxygen atoms in total. The maximum absolute atomic E-state index is 11.7. The number of halogens is 6. The molecule has 0 bridgehead atoms. The highest BCUT2D eigenvalue weighted by Crippen LogP contribution is 2.60. The van der Waals surface area contributed by atoms with Gasteiger partial charge >= 0.3 is 18.1 Å². The fourth-order valence-corrected chi connectivity index (χ4v) is 0.374. The van der Waals surface area contributed by atoms with E-state index in [0.717, 1.165) is 0 Å². The molecule has 72 valence electrons. The van der Waals surface area contributed by atoms with Gasteiger partial charge in [0.05, 0.1) is 0 Å². The van der Waals surface area contributed by atoms with Crippen molar-refractivity contribution < 1.29 is 31.1 Å². The molecule has 1 aliphatic rings. The first-order chi connectivity index (χ1) is 5.21. The van der Waals surface area contributed by atoms with E-state index in [1.54, 1.807) is 0 Å². The molecule has 0 aromatic carbocycles. The van der Waals surface area contributed by atoms with E-state index in [1.807, 2.05) is 0 Å². The van der Waals surface area contributed by atoms with E-state index in [0.29, 0.717) is 0 Å². The van der Waals surface area contributed by atoms with Gasteiger partial charge in [-0.15, -0.1) is 0 Å². The van der Waals surface area contributed by atoms with Crippen LogP contribution in [0, 0.1) is 9.93 Å². The first-order valence-electron chi connectivity index (χ1n) is 2.21. The molecule has 0 aromatic heterocycles. The van der Waals surface area contributed by atoms with Crippen LogP contribution in [0.5, 0.6) is 0 Å². The summed E-state index contributed by atoms with van der Waals surface area (Å²) in [4.78, 5) is 14.0. The average Bonchev–Trinajstić information content (AvgIpc) is 2.37. The van der Waals surface area contributed by atoms with Crippen molar-refractivity contribution >= 4 is 0 Å². The topological polar surface area (TPSA) is 46.7 Å². The van der Waals surface area contributed by atoms with Gasteiger partial charge in [-0.3, -0.25) is 4.74 Å². The Kier molecular flexibility index (Phi) is 2.39. The Balaban J connectivity index is 0.000000561. The predicted octanol–water partition coefficient (Wildman–Crippen LogP) is 1.90. The Hall–Kier alpha value is -0.860. The van der Waals surface area contributed by atoms with Gasteiger partial charge < -0.3 is 0 Å². The van der Waals surface area contributed by atoms with Crippen LogP contribution in [0.25, 0.3) is 0 Å². The standard InChI is InChI=1S/C3F6O.O2/c4-1(2(5,6)7)3(8,9)10-1;1-2. The number of hydrogen-bond donors (Lipinski definition) is 0. The number of alkyl halides is 6. The maximum Gasteiger partial charge on any atom is 0.458 e. The second-order valence-electron chi connectivity index (χ2n) is 1.71. The summed E-state index contributed by atoms with van der Waals surface area (Å²) in [6.45, 7) is 0. The van der Waals surface area contributed by atoms with Crippen molar-refractivity contribution in [3.05, 3.63) is 9.93 Å². The Morgan fingerprint density at radius 3 is 1.25 bits per heavy atom. The van der Waals surface area contributed by atoms with Crippen LogP contribution in [-0.2, 0) is 4.74 Å². The monoisotopic (exact) mass is 198 g/mol. The molecule has 0 radical (unpaired) electrons. The van der Waals surface area contributed by atoms with Crippen molar-refractivity contribution in [2.45, 2.75) is 18.1 Å². The van der Waals surface area contributed by atoms with Crippen LogP contribution in [0.3, 0.4) is 0 Å². The van der Waals surface area contributed by atoms with E-state index in [9.17, 15) is 26.3 Å². The molecule has 1 heterocycles. The molecule has 1 saturated heterocycles. The maximum atomic E-state index is 11.7. The summed E-state index contributed by atoms with van der Waals surface area (Å²) in [7, 11) is 0. The minimum Gasteiger partial charge on any atom is -0.263 e. The molecule has 0 aromatic rings. The Labute approximate surface area is 60.5 Å². The molecule has 1 aliphatic heterocycles. The van der Waals surface area contributed by atoms with Gasteiger partial charge in [-0.25, -0.2) is 0 Å². The third kappa shape index (κ3) is 1.36. The third-order valence-electron chi connectivity index (χ3n) is 0.966. The molecule has 0 saturated carbocycles. The molecule has 0 N–H and O–H groups in total. The Bertz CT molecular complexity index is 177. The zero-order valence-corrected chi connectivity index (χ0v) is 4.99. The molecular formula is C3F6O3. The summed E-state index contributed by atoms with van der Waals surface area (Å²) in [5.74, 6) is -4.75. The van der Waals surface area contributed by atoms with Gasteiger partial charge in [-0.1, -0.05) is 0 Å². The minimum atomic E-state index is -5.66. The first kappa shape index (κ1) is 11.1. The lowest BCUT2D eigenvalue weighted by Crippen LogP contribution is -2.32. The van der Waals surface area contributed by atoms with Crippen LogP contribution in [0.15, 0.2) is 0 Å². The average molecular weight is 198 g/mol. The Morgan fingerprint density at radius 2 is 1.25 bits per heavy atom. The number of epoxide rings is 1. The van der Waals surface area contributed by atoms with E-state index in [-0.39, 0.29) is 0 Å². The molecule has 0 amide bonds. The van der Waals surface area contributed by atoms with Crippen molar-refractivity contribution in [3.8, 4) is 0 Å². The van der Waals surface area contributed by atoms with Gasteiger partial charge in [-0.2, -0.15) is 26.3 Å². The lowest BCUT2D eigenvalue weighted by atomic mass is 10.4. The van der Waals surface area contributed by atoms with Crippen LogP contribution in [0.2, 0.25) is 0 Å².